The van der Waals surface area contributed by atoms with Crippen molar-refractivity contribution < 1.29 is 9.30 Å². The van der Waals surface area contributed by atoms with E-state index in [0.29, 0.717) is 22.0 Å². The van der Waals surface area contributed by atoms with Gasteiger partial charge in [0.2, 0.25) is 5.95 Å². The Balaban J connectivity index is 1.74. The standard InChI is InChI=1S/C25H26BrN4O2P/c1-15-12-21(22(32-3)13-16(15)2)29-25-27-14-19(26)24(30-25)28-20-11-10-17-8-6-7-9-18(17)23(20)33(4,5)31/h6-14H,1-5H3,(H2,27,28,29,30). The van der Waals surface area contributed by atoms with Crippen LogP contribution in [0.5, 0.6) is 5.75 Å². The second-order valence-electron chi connectivity index (χ2n) is 8.31. The van der Waals surface area contributed by atoms with Crippen molar-refractivity contribution in [3.63, 3.8) is 0 Å². The van der Waals surface area contributed by atoms with Crippen molar-refractivity contribution in [2.45, 2.75) is 13.8 Å². The minimum atomic E-state index is -2.59. The van der Waals surface area contributed by atoms with E-state index in [4.69, 9.17) is 4.74 Å². The van der Waals surface area contributed by atoms with Crippen LogP contribution < -0.4 is 20.7 Å². The van der Waals surface area contributed by atoms with Gasteiger partial charge in [-0.3, -0.25) is 0 Å². The zero-order valence-corrected chi connectivity index (χ0v) is 21.7. The van der Waals surface area contributed by atoms with Crippen molar-refractivity contribution in [2.75, 3.05) is 31.1 Å². The maximum atomic E-state index is 13.3. The third-order valence-corrected chi connectivity index (χ3v) is 7.64. The van der Waals surface area contributed by atoms with Crippen molar-refractivity contribution in [3.8, 4) is 5.75 Å². The molecule has 33 heavy (non-hydrogen) atoms. The highest BCUT2D eigenvalue weighted by Crippen LogP contribution is 2.42. The number of rotatable bonds is 6. The molecule has 0 aliphatic heterocycles. The molecule has 4 rings (SSSR count). The van der Waals surface area contributed by atoms with Crippen LogP contribution in [0.1, 0.15) is 11.1 Å². The van der Waals surface area contributed by atoms with E-state index < -0.39 is 7.14 Å². The molecule has 0 saturated carbocycles. The second-order valence-corrected chi connectivity index (χ2v) is 12.3. The summed E-state index contributed by atoms with van der Waals surface area (Å²) in [5.41, 5.74) is 3.82. The third-order valence-electron chi connectivity index (χ3n) is 5.50. The van der Waals surface area contributed by atoms with Crippen LogP contribution in [-0.2, 0) is 4.57 Å². The minimum absolute atomic E-state index is 0.417. The van der Waals surface area contributed by atoms with Crippen LogP contribution in [0, 0.1) is 13.8 Å². The highest BCUT2D eigenvalue weighted by atomic mass is 79.9. The summed E-state index contributed by atoms with van der Waals surface area (Å²) in [4.78, 5) is 9.07. The van der Waals surface area contributed by atoms with Gasteiger partial charge in [-0.2, -0.15) is 4.98 Å². The number of fused-ring (bicyclic) bond motifs is 1. The molecule has 1 aromatic heterocycles. The first-order chi connectivity index (χ1) is 15.7. The monoisotopic (exact) mass is 524 g/mol. The number of anilines is 4. The highest BCUT2D eigenvalue weighted by Gasteiger charge is 2.21. The molecule has 0 bridgehead atoms. The van der Waals surface area contributed by atoms with Gasteiger partial charge in [0.05, 0.1) is 23.0 Å². The van der Waals surface area contributed by atoms with Gasteiger partial charge in [-0.05, 0) is 83.2 Å². The smallest absolute Gasteiger partial charge is 0.229 e. The molecule has 0 radical (unpaired) electrons. The molecular weight excluding hydrogens is 499 g/mol. The largest absolute Gasteiger partial charge is 0.495 e. The number of hydrogen-bond acceptors (Lipinski definition) is 6. The summed E-state index contributed by atoms with van der Waals surface area (Å²) in [6.45, 7) is 7.66. The molecule has 4 aromatic rings. The molecule has 0 fully saturated rings. The van der Waals surface area contributed by atoms with Gasteiger partial charge < -0.3 is 19.9 Å². The Morgan fingerprint density at radius 2 is 1.70 bits per heavy atom. The molecule has 1 heterocycles. The van der Waals surface area contributed by atoms with E-state index in [-0.39, 0.29) is 0 Å². The van der Waals surface area contributed by atoms with E-state index in [1.165, 1.54) is 0 Å². The average Bonchev–Trinajstić information content (AvgIpc) is 2.77. The molecule has 8 heteroatoms. The lowest BCUT2D eigenvalue weighted by Crippen LogP contribution is -2.12. The van der Waals surface area contributed by atoms with Crippen molar-refractivity contribution >= 4 is 62.3 Å². The van der Waals surface area contributed by atoms with Gasteiger partial charge in [0, 0.05) is 11.5 Å². The molecular formula is C25H26BrN4O2P. The fraction of sp³-hybridized carbons (Fsp3) is 0.200. The van der Waals surface area contributed by atoms with E-state index in [0.717, 1.165) is 38.6 Å². The van der Waals surface area contributed by atoms with Crippen LogP contribution in [-0.4, -0.2) is 30.4 Å². The predicted molar refractivity (Wildman–Crippen MR) is 142 cm³/mol. The molecule has 170 valence electrons. The Bertz CT molecular complexity index is 1400. The predicted octanol–water partition coefficient (Wildman–Crippen LogP) is 6.75. The quantitative estimate of drug-likeness (QED) is 0.271. The van der Waals surface area contributed by atoms with Crippen LogP contribution in [0.15, 0.2) is 59.2 Å². The fourth-order valence-corrected chi connectivity index (χ4v) is 5.54. The number of ether oxygens (including phenoxy) is 1. The van der Waals surface area contributed by atoms with Crippen molar-refractivity contribution in [1.29, 1.82) is 0 Å². The van der Waals surface area contributed by atoms with Gasteiger partial charge >= 0.3 is 0 Å². The van der Waals surface area contributed by atoms with Crippen molar-refractivity contribution in [2.24, 2.45) is 0 Å². The van der Waals surface area contributed by atoms with Gasteiger partial charge in [0.15, 0.2) is 0 Å². The van der Waals surface area contributed by atoms with Crippen LogP contribution in [0.4, 0.5) is 23.1 Å². The van der Waals surface area contributed by atoms with Crippen molar-refractivity contribution in [3.05, 3.63) is 70.3 Å². The Morgan fingerprint density at radius 1 is 0.970 bits per heavy atom. The van der Waals surface area contributed by atoms with E-state index in [9.17, 15) is 4.57 Å². The molecule has 2 N–H and O–H groups in total. The first kappa shape index (κ1) is 23.3. The zero-order valence-electron chi connectivity index (χ0n) is 19.2. The first-order valence-corrected chi connectivity index (χ1v) is 13.9. The molecule has 0 spiro atoms. The van der Waals surface area contributed by atoms with Gasteiger partial charge in [0.25, 0.3) is 0 Å². The Labute approximate surface area is 202 Å². The molecule has 0 amide bonds. The number of halogens is 1. The number of hydrogen-bond donors (Lipinski definition) is 2. The average molecular weight is 525 g/mol. The third kappa shape index (κ3) is 4.90. The van der Waals surface area contributed by atoms with Gasteiger partial charge in [-0.25, -0.2) is 4.98 Å². The summed E-state index contributed by atoms with van der Waals surface area (Å²) in [5, 5.41) is 9.45. The number of aromatic nitrogens is 2. The molecule has 0 saturated heterocycles. The summed E-state index contributed by atoms with van der Waals surface area (Å²) >= 11 is 3.54. The molecule has 3 aromatic carbocycles. The maximum Gasteiger partial charge on any atom is 0.229 e. The second kappa shape index (κ2) is 9.16. The number of nitrogens with one attached hydrogen (secondary N) is 2. The lowest BCUT2D eigenvalue weighted by molar-refractivity contribution is 0.416. The molecule has 0 atom stereocenters. The van der Waals surface area contributed by atoms with E-state index >= 15 is 0 Å². The number of methoxy groups -OCH3 is 1. The maximum absolute atomic E-state index is 13.3. The molecule has 0 aliphatic carbocycles. The van der Waals surface area contributed by atoms with Crippen molar-refractivity contribution in [1.82, 2.24) is 9.97 Å². The van der Waals surface area contributed by atoms with E-state index in [1.54, 1.807) is 26.6 Å². The van der Waals surface area contributed by atoms with E-state index in [2.05, 4.69) is 36.5 Å². The number of benzene rings is 3. The lowest BCUT2D eigenvalue weighted by Gasteiger charge is -2.19. The lowest BCUT2D eigenvalue weighted by atomic mass is 10.1. The summed E-state index contributed by atoms with van der Waals surface area (Å²) in [5.74, 6) is 1.70. The topological polar surface area (TPSA) is 76.1 Å². The normalized spacial score (nSPS) is 11.5. The Hall–Kier alpha value is -2.89. The molecule has 6 nitrogen and oxygen atoms in total. The SMILES string of the molecule is COc1cc(C)c(C)cc1Nc1ncc(Br)c(Nc2ccc3ccccc3c2P(C)(C)=O)n1. The van der Waals surface area contributed by atoms with Gasteiger partial charge in [-0.15, -0.1) is 0 Å². The van der Waals surface area contributed by atoms with E-state index in [1.807, 2.05) is 62.4 Å². The summed E-state index contributed by atoms with van der Waals surface area (Å²) in [7, 11) is -0.956. The Kier molecular flexibility index (Phi) is 6.46. The van der Waals surface area contributed by atoms with Gasteiger partial charge in [-0.1, -0.05) is 30.3 Å². The zero-order chi connectivity index (χ0) is 23.8. The first-order valence-electron chi connectivity index (χ1n) is 10.5. The van der Waals surface area contributed by atoms with Crippen LogP contribution in [0.25, 0.3) is 10.8 Å². The number of aryl methyl sites for hydroxylation is 2. The molecule has 0 unspecified atom stereocenters. The van der Waals surface area contributed by atoms with Crippen LogP contribution >= 0.6 is 23.1 Å². The van der Waals surface area contributed by atoms with Crippen LogP contribution in [0.3, 0.4) is 0 Å². The summed E-state index contributed by atoms with van der Waals surface area (Å²) in [6, 6.07) is 15.9. The summed E-state index contributed by atoms with van der Waals surface area (Å²) in [6.07, 6.45) is 1.68. The Morgan fingerprint density at radius 3 is 2.42 bits per heavy atom. The fourth-order valence-electron chi connectivity index (χ4n) is 3.76. The summed E-state index contributed by atoms with van der Waals surface area (Å²) < 4.78 is 19.5. The highest BCUT2D eigenvalue weighted by molar-refractivity contribution is 9.10. The number of nitrogens with zero attached hydrogens (tertiary/aromatic N) is 2. The van der Waals surface area contributed by atoms with Crippen LogP contribution in [0.2, 0.25) is 0 Å². The van der Waals surface area contributed by atoms with Gasteiger partial charge in [0.1, 0.15) is 18.7 Å². The minimum Gasteiger partial charge on any atom is -0.495 e. The molecule has 0 aliphatic rings.